The summed E-state index contributed by atoms with van der Waals surface area (Å²) in [5, 5.41) is 7.42. The molecule has 6 heavy (non-hydrogen) atoms. The Morgan fingerprint density at radius 1 is 1.67 bits per heavy atom. The predicted octanol–water partition coefficient (Wildman–Crippen LogP) is 0.672. The summed E-state index contributed by atoms with van der Waals surface area (Å²) in [5.41, 5.74) is 0. The average molecular weight is 139 g/mol. The van der Waals surface area contributed by atoms with E-state index in [9.17, 15) is 0 Å². The molecule has 0 atom stereocenters. The summed E-state index contributed by atoms with van der Waals surface area (Å²) in [4.78, 5) is 9.00. The number of carbonyl (C=O) groups is 1. The van der Waals surface area contributed by atoms with E-state index in [1.807, 2.05) is 0 Å². The molecular weight excluding hydrogens is 132 g/mol. The van der Waals surface area contributed by atoms with Crippen molar-refractivity contribution in [2.24, 2.45) is 0 Å². The molecule has 1 N–H and O–H groups in total. The molecule has 0 saturated heterocycles. The number of rotatable bonds is 0. The first-order chi connectivity index (χ1) is 2.73. The van der Waals surface area contributed by atoms with Crippen molar-refractivity contribution in [3.8, 4) is 0 Å². The molecule has 2 nitrogen and oxygen atoms in total. The van der Waals surface area contributed by atoms with Crippen LogP contribution < -0.4 is 0 Å². The van der Waals surface area contributed by atoms with Crippen LogP contribution in [0.25, 0.3) is 0 Å². The van der Waals surface area contributed by atoms with Crippen LogP contribution in [0.2, 0.25) is 5.82 Å². The van der Waals surface area contributed by atoms with Crippen molar-refractivity contribution in [3.05, 3.63) is 0 Å². The van der Waals surface area contributed by atoms with E-state index >= 15 is 0 Å². The molecule has 0 aliphatic rings. The molecule has 0 unspecified atom stereocenters. The van der Waals surface area contributed by atoms with Crippen molar-refractivity contribution in [2.45, 2.75) is 12.7 Å². The minimum absolute atomic E-state index is 0.833. The van der Waals surface area contributed by atoms with E-state index in [2.05, 4.69) is 16.0 Å². The van der Waals surface area contributed by atoms with Gasteiger partial charge in [0.2, 0.25) is 0 Å². The zero-order chi connectivity index (χ0) is 5.58. The normalized spacial score (nSPS) is 5.33. The fraction of sp³-hybridized carbons (Fsp3) is 0.667. The Bertz CT molecular complexity index is 31.8. The van der Waals surface area contributed by atoms with E-state index in [4.69, 9.17) is 9.90 Å². The quantitative estimate of drug-likeness (QED) is 0.500. The molecule has 0 aromatic rings. The second kappa shape index (κ2) is 8.89. The van der Waals surface area contributed by atoms with Crippen LogP contribution in [-0.4, -0.2) is 11.1 Å². The van der Waals surface area contributed by atoms with Gasteiger partial charge in [-0.05, 0) is 0 Å². The maximum absolute atomic E-state index is 9.00. The first-order valence-corrected chi connectivity index (χ1v) is 2.17. The van der Waals surface area contributed by atoms with Gasteiger partial charge in [0.05, 0.1) is 0 Å². The molecule has 0 rings (SSSR count). The van der Waals surface area contributed by atoms with Crippen molar-refractivity contribution in [1.82, 2.24) is 0 Å². The molecule has 0 saturated carbocycles. The first kappa shape index (κ1) is 9.37. The predicted molar refractivity (Wildman–Crippen MR) is 19.2 cm³/mol. The molecule has 0 bridgehead atoms. The number of carboxylic acids is 1. The summed E-state index contributed by atoms with van der Waals surface area (Å²) in [6.45, 7) is 1.08. The van der Waals surface area contributed by atoms with E-state index < -0.39 is 5.97 Å². The van der Waals surface area contributed by atoms with Crippen LogP contribution in [0.5, 0.6) is 0 Å². The third-order valence-corrected chi connectivity index (χ3v) is 0. The van der Waals surface area contributed by atoms with Gasteiger partial charge < -0.3 is 5.11 Å². The molecular formula is C3H7CuO2. The second-order valence-corrected chi connectivity index (χ2v) is 0.519. The van der Waals surface area contributed by atoms with E-state index in [1.54, 1.807) is 5.82 Å². The van der Waals surface area contributed by atoms with Gasteiger partial charge in [0, 0.05) is 6.92 Å². The average Bonchev–Trinajstić information content (AvgIpc) is 1.41. The molecule has 0 spiro atoms. The van der Waals surface area contributed by atoms with E-state index in [1.165, 1.54) is 0 Å². The molecule has 3 heteroatoms. The third-order valence-electron chi connectivity index (χ3n) is 0. The zero-order valence-electron chi connectivity index (χ0n) is 3.66. The number of carboxylic acid groups (broad SMARTS) is 1. The standard InChI is InChI=1S/C2H4O2.CH3.Cu/c1-2(3)4;;/h1H3,(H,3,4);1H3;. The summed E-state index contributed by atoms with van der Waals surface area (Å²) in [7, 11) is 0. The summed E-state index contributed by atoms with van der Waals surface area (Å²) in [6.07, 6.45) is 0. The van der Waals surface area contributed by atoms with Gasteiger partial charge in [-0.1, -0.05) is 0 Å². The Balaban J connectivity index is 0. The van der Waals surface area contributed by atoms with Crippen molar-refractivity contribution in [3.63, 3.8) is 0 Å². The molecule has 42 valence electrons. The van der Waals surface area contributed by atoms with E-state index in [0.717, 1.165) is 6.92 Å². The summed E-state index contributed by atoms with van der Waals surface area (Å²) in [6, 6.07) is 0. The Labute approximate surface area is 45.4 Å². The van der Waals surface area contributed by atoms with Gasteiger partial charge in [-0.2, -0.15) is 0 Å². The summed E-state index contributed by atoms with van der Waals surface area (Å²) in [5.74, 6) is 0.729. The van der Waals surface area contributed by atoms with Crippen LogP contribution in [0.15, 0.2) is 0 Å². The Morgan fingerprint density at radius 2 is 1.67 bits per heavy atom. The maximum atomic E-state index is 9.00. The van der Waals surface area contributed by atoms with Crippen LogP contribution >= 0.6 is 0 Å². The fourth-order valence-electron chi connectivity index (χ4n) is 0. The number of hydrogen-bond donors (Lipinski definition) is 1. The molecule has 0 amide bonds. The fourth-order valence-corrected chi connectivity index (χ4v) is 0. The van der Waals surface area contributed by atoms with Crippen molar-refractivity contribution in [2.75, 3.05) is 0 Å². The summed E-state index contributed by atoms with van der Waals surface area (Å²) < 4.78 is 0. The van der Waals surface area contributed by atoms with Gasteiger partial charge in [0.25, 0.3) is 5.97 Å². The van der Waals surface area contributed by atoms with Gasteiger partial charge in [0.1, 0.15) is 0 Å². The van der Waals surface area contributed by atoms with Gasteiger partial charge in [-0.15, -0.1) is 0 Å². The van der Waals surface area contributed by atoms with Gasteiger partial charge in [0.15, 0.2) is 0 Å². The van der Waals surface area contributed by atoms with E-state index in [0.29, 0.717) is 0 Å². The van der Waals surface area contributed by atoms with Crippen molar-refractivity contribution < 1.29 is 25.9 Å². The second-order valence-electron chi connectivity index (χ2n) is 0.519. The molecule has 0 radical (unpaired) electrons. The Morgan fingerprint density at radius 3 is 1.67 bits per heavy atom. The van der Waals surface area contributed by atoms with Gasteiger partial charge >= 0.3 is 21.8 Å². The van der Waals surface area contributed by atoms with Crippen molar-refractivity contribution >= 4 is 5.97 Å². The van der Waals surface area contributed by atoms with Crippen LogP contribution in [0.4, 0.5) is 0 Å². The van der Waals surface area contributed by atoms with Gasteiger partial charge in [-0.3, -0.25) is 4.79 Å². The van der Waals surface area contributed by atoms with Crippen LogP contribution in [0, 0.1) is 0 Å². The molecule has 0 heterocycles. The molecule has 0 aromatic carbocycles. The number of hydrogen-bond acceptors (Lipinski definition) is 1. The first-order valence-electron chi connectivity index (χ1n) is 1.23. The monoisotopic (exact) mass is 138 g/mol. The molecule has 0 aliphatic carbocycles. The zero-order valence-corrected chi connectivity index (χ0v) is 4.60. The Kier molecular flexibility index (Phi) is 13.9. The molecule has 0 fully saturated rings. The van der Waals surface area contributed by atoms with Crippen molar-refractivity contribution in [1.29, 1.82) is 0 Å². The van der Waals surface area contributed by atoms with Crippen LogP contribution in [0.1, 0.15) is 6.92 Å². The molecule has 0 aromatic heterocycles. The summed E-state index contributed by atoms with van der Waals surface area (Å²) >= 11 is 4.19. The molecule has 0 aliphatic heterocycles. The SMILES string of the molecule is CC(=O)O.[CH3][Cu]. The number of aliphatic carboxylic acids is 1. The Hall–Kier alpha value is -0.0105. The topological polar surface area (TPSA) is 37.3 Å². The van der Waals surface area contributed by atoms with E-state index in [-0.39, 0.29) is 0 Å². The van der Waals surface area contributed by atoms with Gasteiger partial charge in [-0.25, -0.2) is 0 Å². The van der Waals surface area contributed by atoms with Crippen LogP contribution in [0.3, 0.4) is 0 Å². The minimum atomic E-state index is -0.833. The van der Waals surface area contributed by atoms with Crippen LogP contribution in [-0.2, 0) is 20.8 Å². The third kappa shape index (κ3) is 322000.